The molecule has 2 aromatic rings. The van der Waals surface area contributed by atoms with Gasteiger partial charge in [0.2, 0.25) is 5.79 Å². The van der Waals surface area contributed by atoms with Crippen molar-refractivity contribution in [1.82, 2.24) is 14.9 Å². The number of methoxy groups -OCH3 is 4. The fourth-order valence-corrected chi connectivity index (χ4v) is 11.1. The van der Waals surface area contributed by atoms with Gasteiger partial charge in [0.05, 0.1) is 56.6 Å². The van der Waals surface area contributed by atoms with E-state index in [2.05, 4.69) is 9.97 Å². The first-order valence-corrected chi connectivity index (χ1v) is 25.5. The Hall–Kier alpha value is -4.49. The highest BCUT2D eigenvalue weighted by atomic mass is 16.7. The van der Waals surface area contributed by atoms with Gasteiger partial charge in [-0.2, -0.15) is 0 Å². The molecule has 394 valence electrons. The average Bonchev–Trinajstić information content (AvgIpc) is 3.85. The van der Waals surface area contributed by atoms with Crippen molar-refractivity contribution < 1.29 is 67.7 Å². The molecule has 17 heteroatoms. The minimum atomic E-state index is -2.60. The first-order chi connectivity index (χ1) is 33.8. The predicted molar refractivity (Wildman–Crippen MR) is 263 cm³/mol. The fraction of sp³-hybridized carbons (Fsp3) is 0.685. The van der Waals surface area contributed by atoms with Crippen LogP contribution in [0.4, 0.5) is 0 Å². The van der Waals surface area contributed by atoms with Crippen LogP contribution in [0.5, 0.6) is 11.5 Å². The number of nitrogens with zero attached hydrogens (tertiary/aromatic N) is 2. The number of aromatic nitrogens is 2. The summed E-state index contributed by atoms with van der Waals surface area (Å²) >= 11 is 0. The molecule has 71 heavy (non-hydrogen) atoms. The third kappa shape index (κ3) is 13.4. The summed E-state index contributed by atoms with van der Waals surface area (Å²) in [6.07, 6.45) is 4.37. The number of aliphatic hydroxyl groups is 3. The number of esters is 1. The molecule has 0 unspecified atom stereocenters. The first-order valence-electron chi connectivity index (χ1n) is 25.5. The lowest BCUT2D eigenvalue weighted by atomic mass is 9.81. The van der Waals surface area contributed by atoms with Crippen LogP contribution in [0.1, 0.15) is 118 Å². The second kappa shape index (κ2) is 25.0. The van der Waals surface area contributed by atoms with Crippen LogP contribution in [0.25, 0.3) is 11.3 Å². The smallest absolute Gasteiger partial charge is 0.329 e. The number of hydrogen-bond acceptors (Lipinski definition) is 15. The first kappa shape index (κ1) is 55.8. The number of benzene rings is 1. The molecule has 2 bridgehead atoms. The highest BCUT2D eigenvalue weighted by Crippen LogP contribution is 2.39. The van der Waals surface area contributed by atoms with Gasteiger partial charge in [-0.1, -0.05) is 45.4 Å². The largest absolute Gasteiger partial charge is 0.497 e. The van der Waals surface area contributed by atoms with Crippen molar-refractivity contribution in [3.63, 3.8) is 0 Å². The van der Waals surface area contributed by atoms with Gasteiger partial charge < -0.3 is 58.4 Å². The van der Waals surface area contributed by atoms with Gasteiger partial charge >= 0.3 is 5.97 Å². The van der Waals surface area contributed by atoms with Gasteiger partial charge in [-0.3, -0.25) is 14.4 Å². The van der Waals surface area contributed by atoms with E-state index in [9.17, 15) is 34.5 Å². The van der Waals surface area contributed by atoms with Crippen LogP contribution in [-0.4, -0.2) is 143 Å². The van der Waals surface area contributed by atoms with E-state index in [0.29, 0.717) is 67.8 Å². The number of carbonyl (C=O) groups is 4. The Bertz CT molecular complexity index is 2190. The Morgan fingerprint density at radius 3 is 2.27 bits per heavy atom. The lowest BCUT2D eigenvalue weighted by molar-refractivity contribution is -0.301. The molecule has 3 aliphatic heterocycles. The Morgan fingerprint density at radius 1 is 0.901 bits per heavy atom. The van der Waals surface area contributed by atoms with Crippen LogP contribution in [-0.2, 0) is 49.5 Å². The second-order valence-corrected chi connectivity index (χ2v) is 20.6. The van der Waals surface area contributed by atoms with Gasteiger partial charge in [-0.15, -0.1) is 0 Å². The van der Waals surface area contributed by atoms with E-state index in [-0.39, 0.29) is 68.7 Å². The molecule has 2 saturated heterocycles. The van der Waals surface area contributed by atoms with E-state index in [1.165, 1.54) is 7.11 Å². The van der Waals surface area contributed by atoms with Crippen molar-refractivity contribution in [2.24, 2.45) is 29.6 Å². The molecule has 6 rings (SSSR count). The van der Waals surface area contributed by atoms with Crippen LogP contribution in [0.2, 0.25) is 0 Å². The third-order valence-electron chi connectivity index (χ3n) is 15.3. The van der Waals surface area contributed by atoms with Crippen molar-refractivity contribution in [1.29, 1.82) is 0 Å². The molecular formula is C54H79N3O14. The van der Waals surface area contributed by atoms with Gasteiger partial charge in [0.1, 0.15) is 48.0 Å². The molecule has 4 aliphatic rings. The molecule has 0 radical (unpaired) electrons. The van der Waals surface area contributed by atoms with Crippen LogP contribution in [0, 0.1) is 29.6 Å². The maximum absolute atomic E-state index is 14.5. The van der Waals surface area contributed by atoms with Crippen molar-refractivity contribution in [2.75, 3.05) is 35.0 Å². The zero-order chi connectivity index (χ0) is 51.7. The van der Waals surface area contributed by atoms with E-state index in [1.54, 1.807) is 47.4 Å². The summed E-state index contributed by atoms with van der Waals surface area (Å²) in [5.41, 5.74) is 3.21. The molecule has 0 spiro atoms. The van der Waals surface area contributed by atoms with Gasteiger partial charge in [-0.25, -0.2) is 9.78 Å². The molecule has 1 aliphatic carbocycles. The number of allylic oxidation sites excluding steroid dienone is 3. The van der Waals surface area contributed by atoms with E-state index >= 15 is 0 Å². The number of nitrogens with one attached hydrogen (secondary N) is 1. The fourth-order valence-electron chi connectivity index (χ4n) is 11.1. The number of hydrogen-bond donors (Lipinski definition) is 4. The standard InChI is InChI=1S/C54H79N3O14/c1-11-36-19-30(2)18-31(3)20-44(60)50-47(68-10)22-33(5)54(64,71-50)51(61)52(62)57-17-13-12-14-41(57)53(63)70-49(34(6)42(58)27-43(36)59)32(4)21-35-15-16-45(46(23-35)67-9)69-29-48-55-28-40(56-48)37-24-38(65-7)26-39(25-37)66-8/h19,21,24-26,28,31,33-36,41-42,44-47,49-50,58,60,64H,11-18,20,22-23,27,29H2,1-10H3,(H,55,56)/b30-19+,32-21+/t31-,33+,34+,35-,36+,41-,42-,44-,45+,46+,47-,49+,50+,54+/m0/s1. The summed E-state index contributed by atoms with van der Waals surface area (Å²) in [6, 6.07) is 4.40. The molecule has 1 amide bonds. The number of aliphatic hydroxyl groups excluding tert-OH is 2. The van der Waals surface area contributed by atoms with Gasteiger partial charge in [-0.05, 0) is 108 Å². The minimum absolute atomic E-state index is 0.0310. The Balaban J connectivity index is 1.24. The third-order valence-corrected chi connectivity index (χ3v) is 15.3. The normalized spacial score (nSPS) is 35.2. The zero-order valence-electron chi connectivity index (χ0n) is 43.4. The van der Waals surface area contributed by atoms with Crippen LogP contribution in [0.3, 0.4) is 0 Å². The molecule has 14 atom stereocenters. The number of Topliss-reactive ketones (excluding diaryl/α,β-unsaturated/α-hetero) is 2. The van der Waals surface area contributed by atoms with E-state index in [1.807, 2.05) is 52.0 Å². The molecule has 17 nitrogen and oxygen atoms in total. The number of rotatable bonds is 11. The summed E-state index contributed by atoms with van der Waals surface area (Å²) in [5.74, 6) is -6.18. The summed E-state index contributed by atoms with van der Waals surface area (Å²) < 4.78 is 41.4. The number of ketones is 2. The molecule has 1 aromatic carbocycles. The molecule has 1 saturated carbocycles. The molecule has 4 N–H and O–H groups in total. The lowest BCUT2D eigenvalue weighted by Gasteiger charge is -2.46. The van der Waals surface area contributed by atoms with E-state index < -0.39 is 77.8 Å². The maximum Gasteiger partial charge on any atom is 0.329 e. The average molecular weight is 994 g/mol. The second-order valence-electron chi connectivity index (χ2n) is 20.6. The van der Waals surface area contributed by atoms with E-state index in [0.717, 1.165) is 21.7 Å². The van der Waals surface area contributed by atoms with E-state index in [4.69, 9.17) is 33.2 Å². The SMILES string of the molecule is CC[C@@H]1/C=C(\C)C[C@H](C)C[C@H](O)[C@H]2O[C@@](O)(C(=O)C(=O)N3CCCC[C@H]3C(=O)O[C@H](/C(C)=C/[C@@H]3CC[C@@H](OCc4ncc(-c5cc(OC)cc(OC)c5)[nH]4)[C@H](OC)C3)[C@H](C)[C@@H](O)CC1=O)[C@H](C)C[C@@H]2OC. The lowest BCUT2D eigenvalue weighted by Crippen LogP contribution is -2.64. The quantitative estimate of drug-likeness (QED) is 0.108. The number of aromatic amines is 1. The Labute approximate surface area is 419 Å². The van der Waals surface area contributed by atoms with Crippen molar-refractivity contribution in [2.45, 2.75) is 173 Å². The summed E-state index contributed by atoms with van der Waals surface area (Å²) in [6.45, 7) is 11.3. The van der Waals surface area contributed by atoms with Gasteiger partial charge in [0.15, 0.2) is 0 Å². The highest BCUT2D eigenvalue weighted by Gasteiger charge is 2.56. The summed E-state index contributed by atoms with van der Waals surface area (Å²) in [4.78, 5) is 66.2. The Morgan fingerprint density at radius 2 is 1.61 bits per heavy atom. The number of imidazole rings is 1. The monoisotopic (exact) mass is 994 g/mol. The van der Waals surface area contributed by atoms with Gasteiger partial charge in [0, 0.05) is 56.6 Å². The summed E-state index contributed by atoms with van der Waals surface area (Å²) in [5, 5.41) is 35.4. The minimum Gasteiger partial charge on any atom is -0.497 e. The number of amides is 1. The molecule has 1 aromatic heterocycles. The summed E-state index contributed by atoms with van der Waals surface area (Å²) in [7, 11) is 6.31. The molecule has 4 heterocycles. The number of H-pyrrole nitrogens is 1. The van der Waals surface area contributed by atoms with Crippen molar-refractivity contribution in [3.8, 4) is 22.8 Å². The maximum atomic E-state index is 14.5. The molecular weight excluding hydrogens is 915 g/mol. The number of carbonyl (C=O) groups excluding carboxylic acids is 4. The number of cyclic esters (lactones) is 1. The topological polar surface area (TPSA) is 225 Å². The molecule has 3 fully saturated rings. The van der Waals surface area contributed by atoms with Crippen LogP contribution < -0.4 is 9.47 Å². The number of fused-ring (bicyclic) bond motifs is 3. The van der Waals surface area contributed by atoms with Crippen LogP contribution >= 0.6 is 0 Å². The van der Waals surface area contributed by atoms with Crippen molar-refractivity contribution >= 4 is 23.4 Å². The Kier molecular flexibility index (Phi) is 19.6. The number of piperidine rings is 1. The predicted octanol–water partition coefficient (Wildman–Crippen LogP) is 6.45. The zero-order valence-corrected chi connectivity index (χ0v) is 43.4. The van der Waals surface area contributed by atoms with Crippen LogP contribution in [0.15, 0.2) is 47.7 Å². The van der Waals surface area contributed by atoms with Crippen molar-refractivity contribution in [3.05, 3.63) is 53.5 Å². The number of ether oxygens (including phenoxy) is 7. The van der Waals surface area contributed by atoms with Gasteiger partial charge in [0.25, 0.3) is 11.7 Å². The highest BCUT2D eigenvalue weighted by molar-refractivity contribution is 6.39.